The number of nitrogens with one attached hydrogen (secondary N) is 1. The van der Waals surface area contributed by atoms with Crippen molar-refractivity contribution in [1.82, 2.24) is 0 Å². The third-order valence-electron chi connectivity index (χ3n) is 7.10. The van der Waals surface area contributed by atoms with E-state index in [1.165, 1.54) is 26.0 Å². The Bertz CT molecular complexity index is 1410. The molecular weight excluding hydrogens is 563 g/mol. The molecule has 13 heteroatoms. The largest absolute Gasteiger partial charge is 0.462 e. The number of anilines is 1. The fraction of sp³-hybridized carbons (Fsp3) is 0.423. The second kappa shape index (κ2) is 10.8. The monoisotopic (exact) mass is 587 g/mol. The molecule has 210 valence electrons. The van der Waals surface area contributed by atoms with Crippen LogP contribution in [0.1, 0.15) is 49.9 Å². The number of hydrogen-bond acceptors (Lipinski definition) is 7. The molecule has 2 atom stereocenters. The molecule has 0 aliphatic heterocycles. The predicted molar refractivity (Wildman–Crippen MR) is 133 cm³/mol. The Morgan fingerprint density at radius 1 is 1.00 bits per heavy atom. The number of sulfone groups is 1. The molecule has 0 radical (unpaired) electrons. The van der Waals surface area contributed by atoms with Crippen LogP contribution in [0, 0.1) is 29.3 Å². The van der Waals surface area contributed by atoms with E-state index in [4.69, 9.17) is 21.1 Å². The number of hydrogen-bond donors (Lipinski definition) is 1. The molecule has 2 bridgehead atoms. The van der Waals surface area contributed by atoms with Gasteiger partial charge in [-0.2, -0.15) is 0 Å². The SMILES string of the molecule is CC(=O)OCC1(OC(C)=O)CC2CCC(C1)C2S(=O)(=O)c1cc(C(=O)Nc2cc(F)c(F)c(F)c2)ccc1Cl. The Labute approximate surface area is 227 Å². The van der Waals surface area contributed by atoms with Crippen LogP contribution >= 0.6 is 11.6 Å². The second-order valence-electron chi connectivity index (χ2n) is 9.93. The summed E-state index contributed by atoms with van der Waals surface area (Å²) < 4.78 is 78.8. The van der Waals surface area contributed by atoms with E-state index in [2.05, 4.69) is 5.32 Å². The van der Waals surface area contributed by atoms with Gasteiger partial charge in [-0.1, -0.05) is 11.6 Å². The van der Waals surface area contributed by atoms with Crippen LogP contribution in [0.3, 0.4) is 0 Å². The van der Waals surface area contributed by atoms with E-state index in [0.29, 0.717) is 25.0 Å². The molecule has 2 saturated carbocycles. The molecule has 8 nitrogen and oxygen atoms in total. The summed E-state index contributed by atoms with van der Waals surface area (Å²) in [6.45, 7) is 2.26. The van der Waals surface area contributed by atoms with Gasteiger partial charge in [0.2, 0.25) is 0 Å². The molecule has 39 heavy (non-hydrogen) atoms. The molecule has 2 unspecified atom stereocenters. The fourth-order valence-electron chi connectivity index (χ4n) is 5.73. The number of carbonyl (C=O) groups excluding carboxylic acids is 3. The van der Waals surface area contributed by atoms with Crippen molar-refractivity contribution < 1.29 is 45.4 Å². The predicted octanol–water partition coefficient (Wildman–Crippen LogP) is 4.84. The van der Waals surface area contributed by atoms with Crippen LogP contribution in [0.2, 0.25) is 5.02 Å². The Morgan fingerprint density at radius 3 is 2.13 bits per heavy atom. The maximum Gasteiger partial charge on any atom is 0.303 e. The van der Waals surface area contributed by atoms with E-state index in [9.17, 15) is 36.0 Å². The molecular formula is C26H25ClF3NO7S. The summed E-state index contributed by atoms with van der Waals surface area (Å²) in [5.74, 6) is -7.62. The van der Waals surface area contributed by atoms with E-state index in [1.807, 2.05) is 0 Å². The normalized spacial score (nSPS) is 24.2. The summed E-state index contributed by atoms with van der Waals surface area (Å²) in [6, 6.07) is 4.73. The summed E-state index contributed by atoms with van der Waals surface area (Å²) in [7, 11) is -4.12. The first kappa shape index (κ1) is 28.9. The van der Waals surface area contributed by atoms with E-state index >= 15 is 0 Å². The van der Waals surface area contributed by atoms with Crippen LogP contribution in [-0.2, 0) is 28.9 Å². The highest BCUT2D eigenvalue weighted by Gasteiger charge is 2.56. The number of halogens is 4. The lowest BCUT2D eigenvalue weighted by Gasteiger charge is -2.42. The van der Waals surface area contributed by atoms with Crippen LogP contribution in [0.5, 0.6) is 0 Å². The van der Waals surface area contributed by atoms with Gasteiger partial charge in [-0.15, -0.1) is 0 Å². The Morgan fingerprint density at radius 2 is 1.59 bits per heavy atom. The average Bonchev–Trinajstić information content (AvgIpc) is 3.14. The van der Waals surface area contributed by atoms with Gasteiger partial charge in [0, 0.05) is 37.2 Å². The first-order valence-corrected chi connectivity index (χ1v) is 14.0. The van der Waals surface area contributed by atoms with Crippen LogP contribution in [0.4, 0.5) is 18.9 Å². The zero-order chi connectivity index (χ0) is 28.7. The van der Waals surface area contributed by atoms with E-state index < -0.39 is 67.8 Å². The first-order valence-electron chi connectivity index (χ1n) is 12.0. The molecule has 4 rings (SSSR count). The maximum atomic E-state index is 13.9. The molecule has 0 spiro atoms. The number of benzene rings is 2. The molecule has 1 N–H and O–H groups in total. The lowest BCUT2D eigenvalue weighted by atomic mass is 9.77. The van der Waals surface area contributed by atoms with Crippen molar-refractivity contribution in [3.8, 4) is 0 Å². The minimum Gasteiger partial charge on any atom is -0.462 e. The second-order valence-corrected chi connectivity index (χ2v) is 12.4. The average molecular weight is 588 g/mol. The standard InChI is InChI=1S/C26H25ClF3NO7S/c1-13(32)37-12-26(38-14(2)33)10-16-3-4-17(11-26)24(16)39(35,36)22-7-15(5-6-19(22)27)25(34)31-18-8-20(28)23(30)21(29)9-18/h5-9,16-17,24H,3-4,10-12H2,1-2H3,(H,31,34). The van der Waals surface area contributed by atoms with E-state index in [-0.39, 0.29) is 40.6 Å². The molecule has 1 amide bonds. The van der Waals surface area contributed by atoms with E-state index in [0.717, 1.165) is 6.07 Å². The van der Waals surface area contributed by atoms with Gasteiger partial charge in [-0.3, -0.25) is 14.4 Å². The van der Waals surface area contributed by atoms with Crippen LogP contribution in [0.15, 0.2) is 35.2 Å². The summed E-state index contributed by atoms with van der Waals surface area (Å²) in [4.78, 5) is 35.7. The van der Waals surface area contributed by atoms with Gasteiger partial charge in [0.05, 0.1) is 15.2 Å². The molecule has 2 fully saturated rings. The zero-order valence-electron chi connectivity index (χ0n) is 20.9. The highest BCUT2D eigenvalue weighted by atomic mass is 35.5. The van der Waals surface area contributed by atoms with Crippen molar-refractivity contribution in [2.24, 2.45) is 11.8 Å². The molecule has 2 aromatic rings. The van der Waals surface area contributed by atoms with Gasteiger partial charge in [-0.05, 0) is 55.7 Å². The summed E-state index contributed by atoms with van der Waals surface area (Å²) >= 11 is 6.27. The number of amides is 1. The molecule has 0 heterocycles. The van der Waals surface area contributed by atoms with Gasteiger partial charge in [-0.25, -0.2) is 21.6 Å². The minimum atomic E-state index is -4.12. The molecule has 2 aliphatic carbocycles. The summed E-state index contributed by atoms with van der Waals surface area (Å²) in [6.07, 6.45) is 1.35. The smallest absolute Gasteiger partial charge is 0.303 e. The van der Waals surface area contributed by atoms with Gasteiger partial charge < -0.3 is 14.8 Å². The first-order chi connectivity index (χ1) is 18.2. The highest BCUT2D eigenvalue weighted by Crippen LogP contribution is 2.52. The Hall–Kier alpha value is -3.12. The van der Waals surface area contributed by atoms with Crippen molar-refractivity contribution in [1.29, 1.82) is 0 Å². The lowest BCUT2D eigenvalue weighted by molar-refractivity contribution is -0.177. The molecule has 0 aromatic heterocycles. The molecule has 0 saturated heterocycles. The van der Waals surface area contributed by atoms with Crippen molar-refractivity contribution in [2.75, 3.05) is 11.9 Å². The highest BCUT2D eigenvalue weighted by molar-refractivity contribution is 7.92. The quantitative estimate of drug-likeness (QED) is 0.364. The third kappa shape index (κ3) is 5.91. The van der Waals surface area contributed by atoms with Gasteiger partial charge in [0.1, 0.15) is 12.2 Å². The third-order valence-corrected chi connectivity index (χ3v) is 9.98. The van der Waals surface area contributed by atoms with Crippen LogP contribution < -0.4 is 5.32 Å². The van der Waals surface area contributed by atoms with Crippen molar-refractivity contribution in [3.63, 3.8) is 0 Å². The van der Waals surface area contributed by atoms with Gasteiger partial charge >= 0.3 is 11.9 Å². The Kier molecular flexibility index (Phi) is 8.00. The molecule has 2 aromatic carbocycles. The van der Waals surface area contributed by atoms with Crippen molar-refractivity contribution in [3.05, 3.63) is 58.4 Å². The fourth-order valence-corrected chi connectivity index (χ4v) is 8.58. The van der Waals surface area contributed by atoms with Gasteiger partial charge in [0.15, 0.2) is 27.3 Å². The number of esters is 2. The van der Waals surface area contributed by atoms with Gasteiger partial charge in [0.25, 0.3) is 5.91 Å². The van der Waals surface area contributed by atoms with Crippen LogP contribution in [-0.4, -0.2) is 43.7 Å². The number of rotatable bonds is 7. The minimum absolute atomic E-state index is 0.124. The maximum absolute atomic E-state index is 13.9. The Balaban J connectivity index is 1.61. The number of ether oxygens (including phenoxy) is 2. The number of fused-ring (bicyclic) bond motifs is 2. The van der Waals surface area contributed by atoms with Crippen molar-refractivity contribution >= 4 is 45.0 Å². The number of carbonyl (C=O) groups is 3. The van der Waals surface area contributed by atoms with E-state index in [1.54, 1.807) is 0 Å². The van der Waals surface area contributed by atoms with Crippen LogP contribution in [0.25, 0.3) is 0 Å². The zero-order valence-corrected chi connectivity index (χ0v) is 22.5. The summed E-state index contributed by atoms with van der Waals surface area (Å²) in [5.41, 5.74) is -1.67. The molecule has 2 aliphatic rings. The lowest BCUT2D eigenvalue weighted by Crippen LogP contribution is -2.51. The summed E-state index contributed by atoms with van der Waals surface area (Å²) in [5, 5.41) is 1.20. The topological polar surface area (TPSA) is 116 Å². The van der Waals surface area contributed by atoms with Crippen molar-refractivity contribution in [2.45, 2.75) is 55.3 Å².